The summed E-state index contributed by atoms with van der Waals surface area (Å²) < 4.78 is 5.11. The Morgan fingerprint density at radius 1 is 1.25 bits per heavy atom. The molecule has 0 radical (unpaired) electrons. The number of methoxy groups -OCH3 is 1. The van der Waals surface area contributed by atoms with Gasteiger partial charge in [0.05, 0.1) is 0 Å². The van der Waals surface area contributed by atoms with Crippen molar-refractivity contribution in [2.45, 2.75) is 65.7 Å². The Labute approximate surface area is 125 Å². The van der Waals surface area contributed by atoms with Crippen molar-refractivity contribution in [3.05, 3.63) is 0 Å². The second-order valence-corrected chi connectivity index (χ2v) is 6.65. The Hall–Kier alpha value is -0.570. The molecule has 0 atom stereocenters. The molecule has 1 saturated heterocycles. The minimum absolute atomic E-state index is 0.187. The number of nitrogens with zero attached hydrogens (tertiary/aromatic N) is 1. The van der Waals surface area contributed by atoms with Gasteiger partial charge in [-0.1, -0.05) is 33.6 Å². The van der Waals surface area contributed by atoms with E-state index in [-0.39, 0.29) is 5.41 Å². The summed E-state index contributed by atoms with van der Waals surface area (Å²) in [7, 11) is 1.76. The van der Waals surface area contributed by atoms with Crippen LogP contribution in [0.3, 0.4) is 0 Å². The number of rotatable bonds is 8. The summed E-state index contributed by atoms with van der Waals surface area (Å²) in [5.41, 5.74) is 0.187. The Morgan fingerprint density at radius 3 is 2.35 bits per heavy atom. The maximum atomic E-state index is 12.4. The van der Waals surface area contributed by atoms with E-state index >= 15 is 0 Å². The van der Waals surface area contributed by atoms with Crippen molar-refractivity contribution in [2.24, 2.45) is 11.3 Å². The molecule has 0 saturated carbocycles. The number of likely N-dealkylation sites (tertiary alicyclic amines) is 1. The topological polar surface area (TPSA) is 29.5 Å². The fraction of sp³-hybridized carbons (Fsp3) is 0.941. The summed E-state index contributed by atoms with van der Waals surface area (Å²) >= 11 is 0. The lowest BCUT2D eigenvalue weighted by Crippen LogP contribution is -2.40. The van der Waals surface area contributed by atoms with Gasteiger partial charge in [-0.05, 0) is 37.0 Å². The van der Waals surface area contributed by atoms with Crippen molar-refractivity contribution in [1.82, 2.24) is 4.90 Å². The smallest absolute Gasteiger partial charge is 0.223 e. The largest absolute Gasteiger partial charge is 0.385 e. The Bertz CT molecular complexity index is 279. The second-order valence-electron chi connectivity index (χ2n) is 6.65. The molecule has 1 amide bonds. The van der Waals surface area contributed by atoms with E-state index in [9.17, 15) is 4.79 Å². The number of hydrogen-bond donors (Lipinski definition) is 0. The van der Waals surface area contributed by atoms with Crippen LogP contribution in [0.25, 0.3) is 0 Å². The highest BCUT2D eigenvalue weighted by atomic mass is 16.5. The molecule has 0 unspecified atom stereocenters. The Balaban J connectivity index is 2.32. The molecule has 118 valence electrons. The Morgan fingerprint density at radius 2 is 1.85 bits per heavy atom. The number of ether oxygens (including phenoxy) is 1. The zero-order valence-corrected chi connectivity index (χ0v) is 13.9. The van der Waals surface area contributed by atoms with E-state index in [0.717, 1.165) is 44.9 Å². The summed E-state index contributed by atoms with van der Waals surface area (Å²) in [6, 6.07) is 0. The fourth-order valence-corrected chi connectivity index (χ4v) is 2.96. The van der Waals surface area contributed by atoms with Crippen molar-refractivity contribution in [2.75, 3.05) is 26.8 Å². The highest BCUT2D eigenvalue weighted by molar-refractivity contribution is 5.77. The normalized spacial score (nSPS) is 17.5. The molecule has 1 rings (SSSR count). The molecule has 3 heteroatoms. The van der Waals surface area contributed by atoms with Gasteiger partial charge in [-0.2, -0.15) is 0 Å². The Kier molecular flexibility index (Phi) is 7.57. The third-order valence-corrected chi connectivity index (χ3v) is 5.21. The van der Waals surface area contributed by atoms with Gasteiger partial charge in [0.2, 0.25) is 5.91 Å². The molecule has 0 aromatic carbocycles. The zero-order valence-electron chi connectivity index (χ0n) is 13.9. The first-order valence-electron chi connectivity index (χ1n) is 8.31. The molecule has 20 heavy (non-hydrogen) atoms. The third kappa shape index (κ3) is 5.43. The minimum Gasteiger partial charge on any atom is -0.385 e. The van der Waals surface area contributed by atoms with Gasteiger partial charge in [0.1, 0.15) is 0 Å². The molecular weight excluding hydrogens is 250 g/mol. The molecule has 0 bridgehead atoms. The second kappa shape index (κ2) is 8.66. The molecule has 1 aliphatic rings. The predicted molar refractivity (Wildman–Crippen MR) is 83.7 cm³/mol. The lowest BCUT2D eigenvalue weighted by Gasteiger charge is -2.35. The van der Waals surface area contributed by atoms with Crippen molar-refractivity contribution in [3.8, 4) is 0 Å². The van der Waals surface area contributed by atoms with E-state index in [1.165, 1.54) is 19.3 Å². The van der Waals surface area contributed by atoms with Crippen LogP contribution in [-0.4, -0.2) is 37.6 Å². The average Bonchev–Trinajstić information content (AvgIpc) is 2.48. The zero-order chi connectivity index (χ0) is 15.0. The molecular formula is C17H33NO2. The predicted octanol–water partition coefficient (Wildman–Crippen LogP) is 3.87. The average molecular weight is 283 g/mol. The number of piperidine rings is 1. The fourth-order valence-electron chi connectivity index (χ4n) is 2.96. The quantitative estimate of drug-likeness (QED) is 0.633. The standard InChI is InChI=1S/C17H33NO2/c1-5-17(3,6-2)14-16(19)18-11-9-15(10-12-18)8-7-13-20-4/h15H,5-14H2,1-4H3. The first kappa shape index (κ1) is 17.5. The van der Waals surface area contributed by atoms with E-state index in [2.05, 4.69) is 25.7 Å². The third-order valence-electron chi connectivity index (χ3n) is 5.21. The number of hydrogen-bond acceptors (Lipinski definition) is 2. The van der Waals surface area contributed by atoms with E-state index in [0.29, 0.717) is 12.3 Å². The molecule has 1 heterocycles. The lowest BCUT2D eigenvalue weighted by atomic mass is 9.80. The van der Waals surface area contributed by atoms with Gasteiger partial charge in [-0.3, -0.25) is 4.79 Å². The summed E-state index contributed by atoms with van der Waals surface area (Å²) in [6.45, 7) is 9.41. The number of carbonyl (C=O) groups is 1. The summed E-state index contributed by atoms with van der Waals surface area (Å²) in [5, 5.41) is 0. The van der Waals surface area contributed by atoms with Crippen molar-refractivity contribution >= 4 is 5.91 Å². The highest BCUT2D eigenvalue weighted by Crippen LogP contribution is 2.31. The van der Waals surface area contributed by atoms with Crippen LogP contribution < -0.4 is 0 Å². The summed E-state index contributed by atoms with van der Waals surface area (Å²) in [5.74, 6) is 1.16. The van der Waals surface area contributed by atoms with Gasteiger partial charge in [0, 0.05) is 33.2 Å². The first-order chi connectivity index (χ1) is 9.54. The van der Waals surface area contributed by atoms with E-state index in [1.807, 2.05) is 0 Å². The van der Waals surface area contributed by atoms with Crippen LogP contribution in [-0.2, 0) is 9.53 Å². The molecule has 0 N–H and O–H groups in total. The molecule has 1 aliphatic heterocycles. The van der Waals surface area contributed by atoms with Crippen molar-refractivity contribution in [3.63, 3.8) is 0 Å². The van der Waals surface area contributed by atoms with Gasteiger partial charge < -0.3 is 9.64 Å². The van der Waals surface area contributed by atoms with Crippen LogP contribution in [0.2, 0.25) is 0 Å². The SMILES string of the molecule is CCC(C)(CC)CC(=O)N1CCC(CCCOC)CC1. The molecule has 1 fully saturated rings. The molecule has 0 aromatic heterocycles. The van der Waals surface area contributed by atoms with E-state index in [4.69, 9.17) is 4.74 Å². The lowest BCUT2D eigenvalue weighted by molar-refractivity contribution is -0.135. The summed E-state index contributed by atoms with van der Waals surface area (Å²) in [6.07, 6.45) is 7.63. The minimum atomic E-state index is 0.187. The van der Waals surface area contributed by atoms with Crippen molar-refractivity contribution < 1.29 is 9.53 Å². The maximum Gasteiger partial charge on any atom is 0.223 e. The van der Waals surface area contributed by atoms with E-state index in [1.54, 1.807) is 7.11 Å². The van der Waals surface area contributed by atoms with Crippen LogP contribution in [0.5, 0.6) is 0 Å². The van der Waals surface area contributed by atoms with Gasteiger partial charge in [-0.25, -0.2) is 0 Å². The molecule has 0 spiro atoms. The monoisotopic (exact) mass is 283 g/mol. The van der Waals surface area contributed by atoms with E-state index < -0.39 is 0 Å². The van der Waals surface area contributed by atoms with Crippen molar-refractivity contribution in [1.29, 1.82) is 0 Å². The summed E-state index contributed by atoms with van der Waals surface area (Å²) in [4.78, 5) is 14.5. The number of carbonyl (C=O) groups excluding carboxylic acids is 1. The van der Waals surface area contributed by atoms with Crippen LogP contribution in [0, 0.1) is 11.3 Å². The van der Waals surface area contributed by atoms with Crippen LogP contribution >= 0.6 is 0 Å². The van der Waals surface area contributed by atoms with Gasteiger partial charge >= 0.3 is 0 Å². The molecule has 3 nitrogen and oxygen atoms in total. The molecule has 0 aromatic rings. The van der Waals surface area contributed by atoms with Gasteiger partial charge in [0.15, 0.2) is 0 Å². The van der Waals surface area contributed by atoms with Crippen LogP contribution in [0.1, 0.15) is 65.7 Å². The maximum absolute atomic E-state index is 12.4. The molecule has 0 aliphatic carbocycles. The number of amides is 1. The van der Waals surface area contributed by atoms with Gasteiger partial charge in [0.25, 0.3) is 0 Å². The van der Waals surface area contributed by atoms with Gasteiger partial charge in [-0.15, -0.1) is 0 Å². The van der Waals surface area contributed by atoms with Crippen LogP contribution in [0.15, 0.2) is 0 Å². The highest BCUT2D eigenvalue weighted by Gasteiger charge is 2.28. The first-order valence-corrected chi connectivity index (χ1v) is 8.31. The van der Waals surface area contributed by atoms with Crippen LogP contribution in [0.4, 0.5) is 0 Å².